The molecule has 1 atom stereocenters. The van der Waals surface area contributed by atoms with Gasteiger partial charge in [0.2, 0.25) is 5.95 Å². The molecule has 1 aliphatic heterocycles. The van der Waals surface area contributed by atoms with E-state index in [1.807, 2.05) is 61.5 Å². The molecular formula is C25H22ClN5O3S. The second-order valence-electron chi connectivity index (χ2n) is 8.05. The van der Waals surface area contributed by atoms with Crippen molar-refractivity contribution in [3.8, 4) is 5.75 Å². The molecule has 0 saturated heterocycles. The largest absolute Gasteiger partial charge is 0.497 e. The van der Waals surface area contributed by atoms with Crippen molar-refractivity contribution in [2.75, 3.05) is 17.1 Å². The van der Waals surface area contributed by atoms with Crippen LogP contribution in [0.25, 0.3) is 5.70 Å². The first kappa shape index (κ1) is 22.9. The number of hydrogen-bond donors (Lipinski definition) is 2. The molecule has 0 saturated carbocycles. The van der Waals surface area contributed by atoms with Crippen LogP contribution in [0.5, 0.6) is 5.75 Å². The number of fused-ring (bicyclic) bond motifs is 1. The number of benzene rings is 3. The molecule has 1 aromatic heterocycles. The van der Waals surface area contributed by atoms with Gasteiger partial charge in [-0.2, -0.15) is 4.98 Å². The summed E-state index contributed by atoms with van der Waals surface area (Å²) in [6.45, 7) is 1.89. The normalized spacial score (nSPS) is 15.1. The predicted octanol–water partition coefficient (Wildman–Crippen LogP) is 5.11. The lowest BCUT2D eigenvalue weighted by Crippen LogP contribution is -2.20. The number of halogens is 1. The second kappa shape index (κ2) is 9.09. The highest BCUT2D eigenvalue weighted by Crippen LogP contribution is 2.34. The Morgan fingerprint density at radius 3 is 2.34 bits per heavy atom. The Morgan fingerprint density at radius 1 is 1.00 bits per heavy atom. The smallest absolute Gasteiger partial charge is 0.264 e. The summed E-state index contributed by atoms with van der Waals surface area (Å²) >= 11 is 6.07. The summed E-state index contributed by atoms with van der Waals surface area (Å²) in [5.74, 6) is 1.10. The highest BCUT2D eigenvalue weighted by atomic mass is 35.5. The maximum absolute atomic E-state index is 12.9. The van der Waals surface area contributed by atoms with Crippen molar-refractivity contribution in [3.63, 3.8) is 0 Å². The van der Waals surface area contributed by atoms with Crippen LogP contribution in [-0.4, -0.2) is 30.3 Å². The van der Waals surface area contributed by atoms with E-state index in [9.17, 15) is 8.42 Å². The van der Waals surface area contributed by atoms with E-state index in [0.717, 1.165) is 28.1 Å². The summed E-state index contributed by atoms with van der Waals surface area (Å²) in [5.41, 5.74) is 3.60. The molecular weight excluding hydrogens is 486 g/mol. The number of aromatic nitrogens is 3. The number of nitrogens with zero attached hydrogens (tertiary/aromatic N) is 3. The summed E-state index contributed by atoms with van der Waals surface area (Å²) in [6, 6.07) is 21.3. The van der Waals surface area contributed by atoms with Crippen molar-refractivity contribution in [1.29, 1.82) is 0 Å². The predicted molar refractivity (Wildman–Crippen MR) is 136 cm³/mol. The molecule has 2 heterocycles. The summed E-state index contributed by atoms with van der Waals surface area (Å²) in [7, 11) is -2.24. The number of rotatable bonds is 6. The van der Waals surface area contributed by atoms with Gasteiger partial charge in [0.25, 0.3) is 16.0 Å². The molecule has 178 valence electrons. The maximum Gasteiger partial charge on any atom is 0.264 e. The first-order chi connectivity index (χ1) is 16.8. The van der Waals surface area contributed by atoms with Gasteiger partial charge in [-0.05, 0) is 60.5 Å². The first-order valence-corrected chi connectivity index (χ1v) is 12.6. The number of methoxy groups -OCH3 is 1. The minimum atomic E-state index is -3.86. The molecule has 0 fully saturated rings. The van der Waals surface area contributed by atoms with Crippen LogP contribution in [0.1, 0.15) is 22.7 Å². The van der Waals surface area contributed by atoms with Gasteiger partial charge in [-0.25, -0.2) is 17.8 Å². The number of ether oxygens (including phenoxy) is 1. The van der Waals surface area contributed by atoms with Gasteiger partial charge in [0.05, 0.1) is 12.0 Å². The highest BCUT2D eigenvalue weighted by molar-refractivity contribution is 7.92. The van der Waals surface area contributed by atoms with E-state index in [0.29, 0.717) is 11.0 Å². The zero-order valence-corrected chi connectivity index (χ0v) is 20.5. The molecule has 3 aromatic carbocycles. The molecule has 0 aliphatic carbocycles. The van der Waals surface area contributed by atoms with Crippen LogP contribution < -0.4 is 14.8 Å². The molecule has 5 rings (SSSR count). The molecule has 0 spiro atoms. The van der Waals surface area contributed by atoms with Crippen LogP contribution in [0.3, 0.4) is 0 Å². The summed E-state index contributed by atoms with van der Waals surface area (Å²) in [5, 5.41) is 8.37. The summed E-state index contributed by atoms with van der Waals surface area (Å²) in [4.78, 5) is 4.58. The second-order valence-corrected chi connectivity index (χ2v) is 10.2. The van der Waals surface area contributed by atoms with Crippen LogP contribution in [0.4, 0.5) is 11.9 Å². The SMILES string of the molecule is COc1ccc([C@H]2C=C(c3ccc(Cl)cc3)Nc3nc(NS(=O)(=O)c4ccc(C)cc4)nn32)cc1. The third-order valence-corrected chi connectivity index (χ3v) is 7.23. The van der Waals surface area contributed by atoms with Gasteiger partial charge in [-0.15, -0.1) is 5.10 Å². The summed E-state index contributed by atoms with van der Waals surface area (Å²) < 4.78 is 35.2. The average molecular weight is 508 g/mol. The van der Waals surface area contributed by atoms with Gasteiger partial charge in [-0.1, -0.05) is 53.6 Å². The topological polar surface area (TPSA) is 98.1 Å². The Hall–Kier alpha value is -3.82. The molecule has 0 amide bonds. The van der Waals surface area contributed by atoms with E-state index in [1.165, 1.54) is 0 Å². The van der Waals surface area contributed by atoms with Gasteiger partial charge in [0.15, 0.2) is 0 Å². The van der Waals surface area contributed by atoms with Gasteiger partial charge in [-0.3, -0.25) is 0 Å². The minimum Gasteiger partial charge on any atom is -0.497 e. The number of hydrogen-bond acceptors (Lipinski definition) is 6. The minimum absolute atomic E-state index is 0.0302. The van der Waals surface area contributed by atoms with Crippen molar-refractivity contribution >= 4 is 39.2 Å². The summed E-state index contributed by atoms with van der Waals surface area (Å²) in [6.07, 6.45) is 2.00. The Labute approximate surface area is 208 Å². The Balaban J connectivity index is 1.53. The highest BCUT2D eigenvalue weighted by Gasteiger charge is 2.27. The number of aryl methyl sites for hydroxylation is 1. The molecule has 8 nitrogen and oxygen atoms in total. The Bertz CT molecular complexity index is 1500. The molecule has 0 bridgehead atoms. The fraction of sp³-hybridized carbons (Fsp3) is 0.120. The number of anilines is 2. The van der Waals surface area contributed by atoms with Gasteiger partial charge in [0, 0.05) is 10.7 Å². The van der Waals surface area contributed by atoms with Crippen LogP contribution in [0.2, 0.25) is 5.02 Å². The lowest BCUT2D eigenvalue weighted by Gasteiger charge is -2.24. The quantitative estimate of drug-likeness (QED) is 0.376. The third-order valence-electron chi connectivity index (χ3n) is 5.64. The van der Waals surface area contributed by atoms with E-state index in [1.54, 1.807) is 36.1 Å². The fourth-order valence-corrected chi connectivity index (χ4v) is 4.83. The molecule has 2 N–H and O–H groups in total. The van der Waals surface area contributed by atoms with Gasteiger partial charge in [0.1, 0.15) is 11.8 Å². The van der Waals surface area contributed by atoms with Crippen molar-refractivity contribution < 1.29 is 13.2 Å². The van der Waals surface area contributed by atoms with Crippen LogP contribution in [0.15, 0.2) is 83.8 Å². The first-order valence-electron chi connectivity index (χ1n) is 10.8. The van der Waals surface area contributed by atoms with Crippen LogP contribution in [0, 0.1) is 6.92 Å². The van der Waals surface area contributed by atoms with E-state index in [4.69, 9.17) is 16.3 Å². The standard InChI is InChI=1S/C25H22ClN5O3S/c1-16-3-13-21(14-4-16)35(32,33)30-24-28-25-27-22(17-5-9-19(26)10-6-17)15-23(31(25)29-24)18-7-11-20(34-2)12-8-18/h3-15,23H,1-2H3,(H2,27,28,29,30)/t23-/m1/s1. The third kappa shape index (κ3) is 4.73. The van der Waals surface area contributed by atoms with Crippen molar-refractivity contribution in [1.82, 2.24) is 14.8 Å². The monoisotopic (exact) mass is 507 g/mol. The molecule has 0 unspecified atom stereocenters. The lowest BCUT2D eigenvalue weighted by atomic mass is 10.0. The van der Waals surface area contributed by atoms with Crippen LogP contribution >= 0.6 is 11.6 Å². The molecule has 0 radical (unpaired) electrons. The average Bonchev–Trinajstić information content (AvgIpc) is 3.26. The van der Waals surface area contributed by atoms with Crippen LogP contribution in [-0.2, 0) is 10.0 Å². The van der Waals surface area contributed by atoms with E-state index in [2.05, 4.69) is 20.1 Å². The van der Waals surface area contributed by atoms with E-state index < -0.39 is 10.0 Å². The van der Waals surface area contributed by atoms with Gasteiger partial charge < -0.3 is 10.1 Å². The number of allylic oxidation sites excluding steroid dienone is 1. The fourth-order valence-electron chi connectivity index (χ4n) is 3.77. The zero-order chi connectivity index (χ0) is 24.6. The number of nitrogens with one attached hydrogen (secondary N) is 2. The van der Waals surface area contributed by atoms with Crippen molar-refractivity contribution in [2.24, 2.45) is 0 Å². The van der Waals surface area contributed by atoms with Gasteiger partial charge >= 0.3 is 0 Å². The molecule has 10 heteroatoms. The van der Waals surface area contributed by atoms with E-state index in [-0.39, 0.29) is 16.9 Å². The Kier molecular flexibility index (Phi) is 5.96. The maximum atomic E-state index is 12.9. The Morgan fingerprint density at radius 2 is 1.69 bits per heavy atom. The lowest BCUT2D eigenvalue weighted by molar-refractivity contribution is 0.414. The molecule has 4 aromatic rings. The van der Waals surface area contributed by atoms with E-state index >= 15 is 0 Å². The van der Waals surface area contributed by atoms with Crippen molar-refractivity contribution in [3.05, 3.63) is 101 Å². The molecule has 1 aliphatic rings. The zero-order valence-electron chi connectivity index (χ0n) is 18.9. The molecule has 35 heavy (non-hydrogen) atoms. The number of sulfonamides is 1. The van der Waals surface area contributed by atoms with Crippen molar-refractivity contribution in [2.45, 2.75) is 17.9 Å².